The molecule has 0 heterocycles. The van der Waals surface area contributed by atoms with Crippen LogP contribution in [-0.4, -0.2) is 37.2 Å². The zero-order valence-corrected chi connectivity index (χ0v) is 53.4. The third kappa shape index (κ3) is 66.3. The van der Waals surface area contributed by atoms with E-state index in [-0.39, 0.29) is 31.1 Å². The molecule has 0 amide bonds. The molecule has 0 aliphatic heterocycles. The average molecular weight is 1110 g/mol. The van der Waals surface area contributed by atoms with Crippen molar-refractivity contribution in [1.29, 1.82) is 0 Å². The summed E-state index contributed by atoms with van der Waals surface area (Å²) in [6, 6.07) is 0. The van der Waals surface area contributed by atoms with Crippen molar-refractivity contribution in [2.24, 2.45) is 0 Å². The first-order valence-corrected chi connectivity index (χ1v) is 35.5. The molecule has 0 N–H and O–H groups in total. The fourth-order valence-corrected chi connectivity index (χ4v) is 10.8. The lowest BCUT2D eigenvalue weighted by Gasteiger charge is -2.18. The van der Waals surface area contributed by atoms with E-state index >= 15 is 0 Å². The Hall–Kier alpha value is -2.37. The van der Waals surface area contributed by atoms with Crippen molar-refractivity contribution >= 4 is 17.9 Å². The van der Waals surface area contributed by atoms with Gasteiger partial charge in [0.25, 0.3) is 0 Å². The Labute approximate surface area is 493 Å². The van der Waals surface area contributed by atoms with Gasteiger partial charge in [-0.25, -0.2) is 0 Å². The molecule has 0 rings (SSSR count). The highest BCUT2D eigenvalue weighted by Gasteiger charge is 2.19. The zero-order valence-electron chi connectivity index (χ0n) is 53.4. The summed E-state index contributed by atoms with van der Waals surface area (Å²) in [5, 5.41) is 0. The van der Waals surface area contributed by atoms with Crippen LogP contribution in [0.4, 0.5) is 0 Å². The molecule has 1 unspecified atom stereocenters. The standard InChI is InChI=1S/C73H136O6/c1-4-7-10-13-16-19-21-23-25-27-29-31-32-33-34-35-36-37-38-39-40-42-43-45-47-49-51-54-57-60-63-66-72(75)78-69-70(68-77-71(74)65-62-59-56-53-18-15-12-9-6-3)79-73(76)67-64-61-58-55-52-50-48-46-44-41-30-28-26-24-22-20-17-14-11-8-5-2/h22,24,27-30,70H,4-21,23,25-26,31-69H2,1-3H3/b24-22-,29-27-,30-28-. The molecule has 0 fully saturated rings. The lowest BCUT2D eigenvalue weighted by Crippen LogP contribution is -2.30. The van der Waals surface area contributed by atoms with Crippen molar-refractivity contribution in [1.82, 2.24) is 0 Å². The zero-order chi connectivity index (χ0) is 57.1. The maximum atomic E-state index is 12.9. The molecule has 0 spiro atoms. The minimum Gasteiger partial charge on any atom is -0.462 e. The van der Waals surface area contributed by atoms with E-state index in [1.807, 2.05) is 0 Å². The van der Waals surface area contributed by atoms with E-state index < -0.39 is 6.10 Å². The van der Waals surface area contributed by atoms with Crippen LogP contribution in [0.3, 0.4) is 0 Å². The lowest BCUT2D eigenvalue weighted by molar-refractivity contribution is -0.167. The van der Waals surface area contributed by atoms with Gasteiger partial charge in [-0.05, 0) is 77.0 Å². The van der Waals surface area contributed by atoms with Crippen molar-refractivity contribution < 1.29 is 28.6 Å². The van der Waals surface area contributed by atoms with Crippen LogP contribution >= 0.6 is 0 Å². The van der Waals surface area contributed by atoms with Crippen molar-refractivity contribution in [3.8, 4) is 0 Å². The molecule has 0 aliphatic carbocycles. The Morgan fingerprint density at radius 1 is 0.253 bits per heavy atom. The van der Waals surface area contributed by atoms with E-state index in [1.54, 1.807) is 0 Å². The largest absolute Gasteiger partial charge is 0.462 e. The van der Waals surface area contributed by atoms with Gasteiger partial charge in [0.05, 0.1) is 0 Å². The molecule has 0 radical (unpaired) electrons. The molecule has 0 saturated carbocycles. The van der Waals surface area contributed by atoms with Crippen LogP contribution in [0.5, 0.6) is 0 Å². The molecule has 0 aromatic heterocycles. The predicted octanol–water partition coefficient (Wildman–Crippen LogP) is 24.3. The van der Waals surface area contributed by atoms with Gasteiger partial charge in [-0.2, -0.15) is 0 Å². The summed E-state index contributed by atoms with van der Waals surface area (Å²) in [5.41, 5.74) is 0. The van der Waals surface area contributed by atoms with Crippen LogP contribution in [0.25, 0.3) is 0 Å². The van der Waals surface area contributed by atoms with E-state index in [2.05, 4.69) is 57.2 Å². The highest BCUT2D eigenvalue weighted by Crippen LogP contribution is 2.18. The molecule has 464 valence electrons. The first-order valence-electron chi connectivity index (χ1n) is 35.5. The minimum atomic E-state index is -0.771. The molecule has 0 saturated heterocycles. The Kier molecular flexibility index (Phi) is 66.1. The maximum Gasteiger partial charge on any atom is 0.306 e. The summed E-state index contributed by atoms with van der Waals surface area (Å²) in [6.07, 6.45) is 84.8. The quantitative estimate of drug-likeness (QED) is 0.0261. The Morgan fingerprint density at radius 2 is 0.456 bits per heavy atom. The summed E-state index contributed by atoms with van der Waals surface area (Å²) >= 11 is 0. The predicted molar refractivity (Wildman–Crippen MR) is 344 cm³/mol. The number of hydrogen-bond acceptors (Lipinski definition) is 6. The Balaban J connectivity index is 4.07. The number of esters is 3. The highest BCUT2D eigenvalue weighted by atomic mass is 16.6. The van der Waals surface area contributed by atoms with E-state index in [1.165, 1.54) is 289 Å². The van der Waals surface area contributed by atoms with Crippen LogP contribution < -0.4 is 0 Å². The van der Waals surface area contributed by atoms with Crippen LogP contribution in [0.1, 0.15) is 393 Å². The number of rotatable bonds is 66. The molecule has 79 heavy (non-hydrogen) atoms. The smallest absolute Gasteiger partial charge is 0.306 e. The fraction of sp³-hybridized carbons (Fsp3) is 0.877. The van der Waals surface area contributed by atoms with E-state index in [0.29, 0.717) is 19.3 Å². The number of allylic oxidation sites excluding steroid dienone is 6. The van der Waals surface area contributed by atoms with Gasteiger partial charge in [-0.15, -0.1) is 0 Å². The fourth-order valence-electron chi connectivity index (χ4n) is 10.8. The second kappa shape index (κ2) is 68.1. The van der Waals surface area contributed by atoms with Gasteiger partial charge in [0.15, 0.2) is 6.10 Å². The summed E-state index contributed by atoms with van der Waals surface area (Å²) in [7, 11) is 0. The maximum absolute atomic E-state index is 12.9. The molecule has 0 aromatic carbocycles. The van der Waals surface area contributed by atoms with Gasteiger partial charge < -0.3 is 14.2 Å². The highest BCUT2D eigenvalue weighted by molar-refractivity contribution is 5.71. The molecular weight excluding hydrogens is 973 g/mol. The van der Waals surface area contributed by atoms with Gasteiger partial charge >= 0.3 is 17.9 Å². The van der Waals surface area contributed by atoms with E-state index in [9.17, 15) is 14.4 Å². The summed E-state index contributed by atoms with van der Waals surface area (Å²) < 4.78 is 16.9. The van der Waals surface area contributed by atoms with Gasteiger partial charge in [-0.1, -0.05) is 333 Å². The van der Waals surface area contributed by atoms with E-state index in [0.717, 1.165) is 64.2 Å². The van der Waals surface area contributed by atoms with Crippen molar-refractivity contribution in [3.63, 3.8) is 0 Å². The molecule has 0 bridgehead atoms. The molecule has 6 heteroatoms. The van der Waals surface area contributed by atoms with Crippen LogP contribution in [0.15, 0.2) is 36.5 Å². The number of carbonyl (C=O) groups excluding carboxylic acids is 3. The van der Waals surface area contributed by atoms with Gasteiger partial charge in [0.1, 0.15) is 13.2 Å². The summed E-state index contributed by atoms with van der Waals surface area (Å²) in [4.78, 5) is 38.3. The molecular formula is C73H136O6. The van der Waals surface area contributed by atoms with Crippen LogP contribution in [0.2, 0.25) is 0 Å². The second-order valence-electron chi connectivity index (χ2n) is 24.1. The van der Waals surface area contributed by atoms with Gasteiger partial charge in [0.2, 0.25) is 0 Å². The van der Waals surface area contributed by atoms with Crippen LogP contribution in [0, 0.1) is 0 Å². The number of ether oxygens (including phenoxy) is 3. The normalized spacial score (nSPS) is 12.2. The lowest BCUT2D eigenvalue weighted by atomic mass is 10.0. The minimum absolute atomic E-state index is 0.0686. The topological polar surface area (TPSA) is 78.9 Å². The van der Waals surface area contributed by atoms with Crippen molar-refractivity contribution in [3.05, 3.63) is 36.5 Å². The van der Waals surface area contributed by atoms with Gasteiger partial charge in [0, 0.05) is 19.3 Å². The van der Waals surface area contributed by atoms with E-state index in [4.69, 9.17) is 14.2 Å². The number of unbranched alkanes of at least 4 members (excludes halogenated alkanes) is 49. The third-order valence-electron chi connectivity index (χ3n) is 16.1. The molecule has 1 atom stereocenters. The average Bonchev–Trinajstić information content (AvgIpc) is 3.45. The molecule has 0 aromatic rings. The SMILES string of the molecule is CCCCCCC/C=C\C/C=C\CCCCCCCCCCCC(=O)OC(COC(=O)CCCCCCCCCCC)COC(=O)CCCCCCCCCCCCCCCCCCCCC/C=C\CCCCCCCCCC. The van der Waals surface area contributed by atoms with Crippen LogP contribution in [-0.2, 0) is 28.6 Å². The first kappa shape index (κ1) is 76.6. The number of carbonyl (C=O) groups is 3. The second-order valence-corrected chi connectivity index (χ2v) is 24.1. The Bertz CT molecular complexity index is 1320. The van der Waals surface area contributed by atoms with Crippen molar-refractivity contribution in [2.75, 3.05) is 13.2 Å². The first-order chi connectivity index (χ1) is 39.0. The molecule has 0 aliphatic rings. The number of hydrogen-bond donors (Lipinski definition) is 0. The monoisotopic (exact) mass is 1110 g/mol. The third-order valence-corrected chi connectivity index (χ3v) is 16.1. The van der Waals surface area contributed by atoms with Crippen molar-refractivity contribution in [2.45, 2.75) is 399 Å². The molecule has 6 nitrogen and oxygen atoms in total. The van der Waals surface area contributed by atoms with Gasteiger partial charge in [-0.3, -0.25) is 14.4 Å². The Morgan fingerprint density at radius 3 is 0.709 bits per heavy atom. The summed E-state index contributed by atoms with van der Waals surface area (Å²) in [5.74, 6) is -0.850. The summed E-state index contributed by atoms with van der Waals surface area (Å²) in [6.45, 7) is 6.67.